The van der Waals surface area contributed by atoms with Crippen molar-refractivity contribution in [2.75, 3.05) is 13.2 Å². The number of hydrogen-bond donors (Lipinski definition) is 4. The van der Waals surface area contributed by atoms with Crippen molar-refractivity contribution in [3.63, 3.8) is 0 Å². The number of benzene rings is 1. The van der Waals surface area contributed by atoms with E-state index in [-0.39, 0.29) is 37.8 Å². The van der Waals surface area contributed by atoms with Crippen LogP contribution in [0, 0.1) is 5.92 Å². The van der Waals surface area contributed by atoms with Gasteiger partial charge < -0.3 is 35.4 Å². The number of imide groups is 1. The van der Waals surface area contributed by atoms with Gasteiger partial charge in [-0.2, -0.15) is 0 Å². The molecule has 388 valence electrons. The molecule has 2 rings (SSSR count). The molecule has 0 saturated carbocycles. The summed E-state index contributed by atoms with van der Waals surface area (Å²) in [6.07, 6.45) is 30.9. The molecule has 1 aromatic rings. The number of amides is 3. The zero-order valence-electron chi connectivity index (χ0n) is 43.2. The Balaban J connectivity index is 2.13. The van der Waals surface area contributed by atoms with Crippen molar-refractivity contribution in [1.82, 2.24) is 9.80 Å². The molecule has 0 bridgehead atoms. The Morgan fingerprint density at radius 2 is 1.04 bits per heavy atom. The molecule has 1 aliphatic rings. The molecule has 0 aromatic heterocycles. The molecule has 6 atom stereocenters. The van der Waals surface area contributed by atoms with Crippen molar-refractivity contribution >= 4 is 17.9 Å². The summed E-state index contributed by atoms with van der Waals surface area (Å²) in [5.74, 6) is -1.00. The average molecular weight is 944 g/mol. The molecule has 67 heavy (non-hydrogen) atoms. The Bertz CT molecular complexity index is 1370. The summed E-state index contributed by atoms with van der Waals surface area (Å²) in [4.78, 5) is 45.2. The number of ether oxygens (including phenoxy) is 2. The lowest BCUT2D eigenvalue weighted by atomic mass is 9.92. The van der Waals surface area contributed by atoms with Crippen LogP contribution in [-0.4, -0.2) is 92.8 Å². The SMILES string of the molecule is CCCCCCCCCCCCCCCCCCN(C(=O)CCCCCCCCCCCCCCCCC)[C@@H]1O[C@H](CO)[C@@H](O)[C@H](O)[C@H]1N(C(=O)OCc1ccccc1)C(=O)[C@@H](N)CC(C)C. The molecule has 11 nitrogen and oxygen atoms in total. The van der Waals surface area contributed by atoms with Crippen LogP contribution in [0.5, 0.6) is 0 Å². The molecule has 1 heterocycles. The minimum absolute atomic E-state index is 0.0108. The maximum absolute atomic E-state index is 14.4. The van der Waals surface area contributed by atoms with E-state index in [1.54, 1.807) is 12.1 Å². The van der Waals surface area contributed by atoms with E-state index in [2.05, 4.69) is 13.8 Å². The fourth-order valence-corrected chi connectivity index (χ4v) is 9.57. The summed E-state index contributed by atoms with van der Waals surface area (Å²) >= 11 is 0. The summed E-state index contributed by atoms with van der Waals surface area (Å²) in [5, 5.41) is 33.5. The van der Waals surface area contributed by atoms with Gasteiger partial charge in [-0.1, -0.05) is 244 Å². The van der Waals surface area contributed by atoms with Crippen molar-refractivity contribution in [3.8, 4) is 0 Å². The molecular formula is C56H101N3O8. The first-order valence-electron chi connectivity index (χ1n) is 27.8. The van der Waals surface area contributed by atoms with Crippen LogP contribution in [0.25, 0.3) is 0 Å². The monoisotopic (exact) mass is 944 g/mol. The Kier molecular flexibility index (Phi) is 35.4. The smallest absolute Gasteiger partial charge is 0.417 e. The lowest BCUT2D eigenvalue weighted by Crippen LogP contribution is -2.71. The molecule has 0 spiro atoms. The van der Waals surface area contributed by atoms with Crippen LogP contribution in [-0.2, 0) is 25.7 Å². The van der Waals surface area contributed by atoms with Crippen molar-refractivity contribution < 1.29 is 39.2 Å². The third-order valence-corrected chi connectivity index (χ3v) is 13.7. The van der Waals surface area contributed by atoms with Gasteiger partial charge in [0.15, 0.2) is 6.23 Å². The highest BCUT2D eigenvalue weighted by Gasteiger charge is 2.53. The number of nitrogens with two attached hydrogens (primary N) is 1. The average Bonchev–Trinajstić information content (AvgIpc) is 3.32. The van der Waals surface area contributed by atoms with E-state index in [9.17, 15) is 29.7 Å². The first-order chi connectivity index (χ1) is 32.6. The number of aliphatic hydroxyl groups excluding tert-OH is 3. The second-order valence-corrected chi connectivity index (χ2v) is 20.3. The first kappa shape index (κ1) is 60.6. The van der Waals surface area contributed by atoms with Gasteiger partial charge in [0.05, 0.1) is 12.6 Å². The maximum atomic E-state index is 14.4. The van der Waals surface area contributed by atoms with E-state index in [1.807, 2.05) is 32.0 Å². The second kappa shape index (κ2) is 39.2. The Morgan fingerprint density at radius 1 is 0.627 bits per heavy atom. The number of hydrogen-bond acceptors (Lipinski definition) is 9. The van der Waals surface area contributed by atoms with E-state index < -0.39 is 55.2 Å². The summed E-state index contributed by atoms with van der Waals surface area (Å²) in [5.41, 5.74) is 7.14. The molecule has 0 unspecified atom stereocenters. The molecule has 1 saturated heterocycles. The highest BCUT2D eigenvalue weighted by atomic mass is 16.6. The fraction of sp³-hybridized carbons (Fsp3) is 0.839. The van der Waals surface area contributed by atoms with Gasteiger partial charge in [-0.15, -0.1) is 0 Å². The normalized spacial score (nSPS) is 18.9. The number of aliphatic hydroxyl groups is 3. The van der Waals surface area contributed by atoms with Crippen LogP contribution in [0.4, 0.5) is 4.79 Å². The van der Waals surface area contributed by atoms with Crippen LogP contribution in [0.2, 0.25) is 0 Å². The van der Waals surface area contributed by atoms with Crippen LogP contribution in [0.15, 0.2) is 30.3 Å². The molecule has 3 amide bonds. The van der Waals surface area contributed by atoms with Gasteiger partial charge in [0, 0.05) is 13.0 Å². The molecule has 5 N–H and O–H groups in total. The van der Waals surface area contributed by atoms with Crippen LogP contribution < -0.4 is 5.73 Å². The van der Waals surface area contributed by atoms with E-state index in [1.165, 1.54) is 153 Å². The van der Waals surface area contributed by atoms with Crippen LogP contribution in [0.3, 0.4) is 0 Å². The Labute approximate surface area is 409 Å². The van der Waals surface area contributed by atoms with E-state index >= 15 is 0 Å². The predicted octanol–water partition coefficient (Wildman–Crippen LogP) is 12.7. The van der Waals surface area contributed by atoms with Gasteiger partial charge in [0.1, 0.15) is 31.0 Å². The topological polar surface area (TPSA) is 163 Å². The van der Waals surface area contributed by atoms with Gasteiger partial charge in [-0.3, -0.25) is 9.59 Å². The fourth-order valence-electron chi connectivity index (χ4n) is 9.57. The Hall–Kier alpha value is -2.57. The van der Waals surface area contributed by atoms with Crippen molar-refractivity contribution in [3.05, 3.63) is 35.9 Å². The predicted molar refractivity (Wildman–Crippen MR) is 273 cm³/mol. The van der Waals surface area contributed by atoms with Crippen LogP contribution in [0.1, 0.15) is 245 Å². The molecule has 1 fully saturated rings. The number of rotatable bonds is 41. The van der Waals surface area contributed by atoms with Gasteiger partial charge in [-0.05, 0) is 30.7 Å². The van der Waals surface area contributed by atoms with Gasteiger partial charge >= 0.3 is 6.09 Å². The molecule has 1 aliphatic heterocycles. The number of carbonyl (C=O) groups excluding carboxylic acids is 3. The van der Waals surface area contributed by atoms with Gasteiger partial charge in [0.25, 0.3) is 0 Å². The second-order valence-electron chi connectivity index (χ2n) is 20.3. The molecule has 0 aliphatic carbocycles. The third-order valence-electron chi connectivity index (χ3n) is 13.7. The van der Waals surface area contributed by atoms with E-state index in [4.69, 9.17) is 15.2 Å². The van der Waals surface area contributed by atoms with E-state index in [0.29, 0.717) is 18.4 Å². The highest BCUT2D eigenvalue weighted by molar-refractivity contribution is 5.95. The summed E-state index contributed by atoms with van der Waals surface area (Å²) < 4.78 is 12.0. The molecule has 11 heteroatoms. The minimum atomic E-state index is -1.76. The summed E-state index contributed by atoms with van der Waals surface area (Å²) in [7, 11) is 0. The van der Waals surface area contributed by atoms with Crippen molar-refractivity contribution in [2.24, 2.45) is 11.7 Å². The lowest BCUT2D eigenvalue weighted by molar-refractivity contribution is -0.245. The standard InChI is InChI=1S/C56H101N3O8/c1-5-7-9-11-13-15-17-19-21-23-25-27-29-31-33-38-42-58(50(61)41-37-32-30-28-26-24-22-20-18-16-14-12-10-8-6-2)55-51(53(63)52(62)49(44-60)67-55)59(54(64)48(57)43-46(3)4)56(65)66-45-47-39-35-34-36-40-47/h34-36,39-40,46,48-49,51-53,55,60,62-63H,5-33,37-38,41-45,57H2,1-4H3/t48-,49+,51+,52+,53+,55+/m0/s1. The Morgan fingerprint density at radius 3 is 1.46 bits per heavy atom. The highest BCUT2D eigenvalue weighted by Crippen LogP contribution is 2.31. The van der Waals surface area contributed by atoms with Gasteiger partial charge in [0.2, 0.25) is 11.8 Å². The zero-order valence-corrected chi connectivity index (χ0v) is 43.2. The minimum Gasteiger partial charge on any atom is -0.444 e. The zero-order chi connectivity index (χ0) is 48.9. The largest absolute Gasteiger partial charge is 0.444 e. The van der Waals surface area contributed by atoms with Crippen LogP contribution >= 0.6 is 0 Å². The number of unbranched alkanes of at least 4 members (excludes halogenated alkanes) is 29. The molecule has 1 aromatic carbocycles. The first-order valence-corrected chi connectivity index (χ1v) is 27.8. The lowest BCUT2D eigenvalue weighted by Gasteiger charge is -2.49. The summed E-state index contributed by atoms with van der Waals surface area (Å²) in [6, 6.07) is 6.37. The van der Waals surface area contributed by atoms with Gasteiger partial charge in [-0.25, -0.2) is 9.69 Å². The van der Waals surface area contributed by atoms with Crippen molar-refractivity contribution in [1.29, 1.82) is 0 Å². The molecule has 0 radical (unpaired) electrons. The number of nitrogens with zero attached hydrogens (tertiary/aromatic N) is 2. The number of carbonyl (C=O) groups is 3. The summed E-state index contributed by atoms with van der Waals surface area (Å²) in [6.45, 7) is 7.82. The quantitative estimate of drug-likeness (QED) is 0.0468. The van der Waals surface area contributed by atoms with Crippen molar-refractivity contribution in [2.45, 2.75) is 283 Å². The maximum Gasteiger partial charge on any atom is 0.417 e. The molecular weight excluding hydrogens is 843 g/mol. The van der Waals surface area contributed by atoms with E-state index in [0.717, 1.165) is 43.4 Å². The third kappa shape index (κ3) is 26.3.